The molecule has 5 nitrogen and oxygen atoms in total. The summed E-state index contributed by atoms with van der Waals surface area (Å²) < 4.78 is 5.34. The van der Waals surface area contributed by atoms with E-state index in [1.165, 1.54) is 0 Å². The lowest BCUT2D eigenvalue weighted by Crippen LogP contribution is -2.55. The summed E-state index contributed by atoms with van der Waals surface area (Å²) in [6.07, 6.45) is 3.62. The number of carboxylic acid groups (broad SMARTS) is 1. The van der Waals surface area contributed by atoms with Crippen LogP contribution in [-0.2, 0) is 4.79 Å². The van der Waals surface area contributed by atoms with Gasteiger partial charge in [0.2, 0.25) is 0 Å². The highest BCUT2D eigenvalue weighted by Gasteiger charge is 2.41. The first kappa shape index (κ1) is 13.6. The smallest absolute Gasteiger partial charge is 0.329 e. The highest BCUT2D eigenvalue weighted by Crippen LogP contribution is 2.29. The quantitative estimate of drug-likeness (QED) is 0.879. The van der Waals surface area contributed by atoms with E-state index in [4.69, 9.17) is 4.42 Å². The fourth-order valence-corrected chi connectivity index (χ4v) is 2.51. The zero-order valence-electron chi connectivity index (χ0n) is 11.3. The molecule has 1 heterocycles. The Morgan fingerprint density at radius 2 is 1.89 bits per heavy atom. The summed E-state index contributed by atoms with van der Waals surface area (Å²) in [6.45, 7) is 3.63. The Hall–Kier alpha value is -1.78. The Kier molecular flexibility index (Phi) is 3.64. The molecule has 2 N–H and O–H groups in total. The van der Waals surface area contributed by atoms with Crippen molar-refractivity contribution in [1.29, 1.82) is 0 Å². The molecule has 2 rings (SSSR count). The normalized spacial score (nSPS) is 18.0. The maximum absolute atomic E-state index is 12.1. The largest absolute Gasteiger partial charge is 0.480 e. The lowest BCUT2D eigenvalue weighted by atomic mass is 9.81. The topological polar surface area (TPSA) is 79.5 Å². The summed E-state index contributed by atoms with van der Waals surface area (Å²) in [5.41, 5.74) is -0.248. The van der Waals surface area contributed by atoms with E-state index in [0.29, 0.717) is 18.6 Å². The second kappa shape index (κ2) is 5.07. The van der Waals surface area contributed by atoms with Crippen LogP contribution in [0.3, 0.4) is 0 Å². The van der Waals surface area contributed by atoms with E-state index in [2.05, 4.69) is 5.32 Å². The Morgan fingerprint density at radius 3 is 2.37 bits per heavy atom. The third kappa shape index (κ3) is 2.64. The summed E-state index contributed by atoms with van der Waals surface area (Å²) in [7, 11) is 0. The van der Waals surface area contributed by atoms with Crippen LogP contribution >= 0.6 is 0 Å². The van der Waals surface area contributed by atoms with E-state index >= 15 is 0 Å². The third-order valence-corrected chi connectivity index (χ3v) is 3.86. The Balaban J connectivity index is 2.17. The van der Waals surface area contributed by atoms with Gasteiger partial charge in [0.25, 0.3) is 5.91 Å². The van der Waals surface area contributed by atoms with Gasteiger partial charge < -0.3 is 14.8 Å². The van der Waals surface area contributed by atoms with Gasteiger partial charge in [-0.15, -0.1) is 0 Å². The van der Waals surface area contributed by atoms with Gasteiger partial charge in [-0.05, 0) is 38.3 Å². The average Bonchev–Trinajstić information content (AvgIpc) is 2.71. The number of carboxylic acids is 1. The van der Waals surface area contributed by atoms with Gasteiger partial charge in [-0.1, -0.05) is 19.3 Å². The Bertz CT molecular complexity index is 478. The first-order chi connectivity index (χ1) is 8.94. The number of furan rings is 1. The van der Waals surface area contributed by atoms with Crippen LogP contribution in [0.15, 0.2) is 10.5 Å². The predicted octanol–water partition coefficient (Wildman–Crippen LogP) is 2.41. The van der Waals surface area contributed by atoms with E-state index in [1.54, 1.807) is 13.0 Å². The van der Waals surface area contributed by atoms with Crippen molar-refractivity contribution in [2.45, 2.75) is 51.5 Å². The number of carbonyl (C=O) groups is 2. The van der Waals surface area contributed by atoms with Gasteiger partial charge >= 0.3 is 5.97 Å². The van der Waals surface area contributed by atoms with Gasteiger partial charge in [0, 0.05) is 0 Å². The summed E-state index contributed by atoms with van der Waals surface area (Å²) in [5.74, 6) is -0.541. The molecule has 1 amide bonds. The van der Waals surface area contributed by atoms with Crippen LogP contribution in [0.1, 0.15) is 54.0 Å². The van der Waals surface area contributed by atoms with Crippen LogP contribution in [0.5, 0.6) is 0 Å². The zero-order chi connectivity index (χ0) is 14.0. The van der Waals surface area contributed by atoms with Crippen molar-refractivity contribution in [3.63, 3.8) is 0 Å². The van der Waals surface area contributed by atoms with E-state index in [9.17, 15) is 14.7 Å². The monoisotopic (exact) mass is 265 g/mol. The molecule has 5 heteroatoms. The summed E-state index contributed by atoms with van der Waals surface area (Å²) in [4.78, 5) is 23.6. The molecule has 0 aromatic carbocycles. The summed E-state index contributed by atoms with van der Waals surface area (Å²) in [5, 5.41) is 12.1. The molecule has 0 saturated heterocycles. The first-order valence-electron chi connectivity index (χ1n) is 6.57. The van der Waals surface area contributed by atoms with E-state index < -0.39 is 17.4 Å². The maximum Gasteiger partial charge on any atom is 0.329 e. The van der Waals surface area contributed by atoms with Crippen molar-refractivity contribution in [2.24, 2.45) is 0 Å². The van der Waals surface area contributed by atoms with Crippen LogP contribution in [-0.4, -0.2) is 22.5 Å². The van der Waals surface area contributed by atoms with Gasteiger partial charge in [-0.3, -0.25) is 4.79 Å². The minimum Gasteiger partial charge on any atom is -0.480 e. The van der Waals surface area contributed by atoms with Crippen molar-refractivity contribution >= 4 is 11.9 Å². The highest BCUT2D eigenvalue weighted by atomic mass is 16.4. The Labute approximate surface area is 112 Å². The molecule has 1 aliphatic carbocycles. The molecule has 0 aliphatic heterocycles. The molecule has 0 bridgehead atoms. The van der Waals surface area contributed by atoms with E-state index in [1.807, 2.05) is 6.92 Å². The van der Waals surface area contributed by atoms with Crippen molar-refractivity contribution in [3.05, 3.63) is 23.2 Å². The Morgan fingerprint density at radius 1 is 1.26 bits per heavy atom. The van der Waals surface area contributed by atoms with Crippen LogP contribution in [0.4, 0.5) is 0 Å². The number of rotatable bonds is 3. The number of carbonyl (C=O) groups excluding carboxylic acids is 1. The minimum absolute atomic E-state index is 0.182. The molecule has 1 aliphatic rings. The zero-order valence-corrected chi connectivity index (χ0v) is 11.3. The third-order valence-electron chi connectivity index (χ3n) is 3.86. The molecule has 104 valence electrons. The van der Waals surface area contributed by atoms with E-state index in [0.717, 1.165) is 24.8 Å². The lowest BCUT2D eigenvalue weighted by Gasteiger charge is -2.33. The minimum atomic E-state index is -1.13. The number of hydrogen-bond acceptors (Lipinski definition) is 3. The summed E-state index contributed by atoms with van der Waals surface area (Å²) >= 11 is 0. The predicted molar refractivity (Wildman–Crippen MR) is 69.1 cm³/mol. The molecule has 1 fully saturated rings. The van der Waals surface area contributed by atoms with Gasteiger partial charge in [0.05, 0.1) is 0 Å². The standard InChI is InChI=1S/C14H19NO4/c1-9-8-11(19-10(9)2)12(16)15-14(13(17)18)6-4-3-5-7-14/h8H,3-7H2,1-2H3,(H,15,16)(H,17,18). The maximum atomic E-state index is 12.1. The van der Waals surface area contributed by atoms with Crippen molar-refractivity contribution in [1.82, 2.24) is 5.32 Å². The molecule has 1 aromatic heterocycles. The fraction of sp³-hybridized carbons (Fsp3) is 0.571. The molecular formula is C14H19NO4. The molecular weight excluding hydrogens is 246 g/mol. The van der Waals surface area contributed by atoms with Gasteiger partial charge in [0.15, 0.2) is 5.76 Å². The fourth-order valence-electron chi connectivity index (χ4n) is 2.51. The van der Waals surface area contributed by atoms with Gasteiger partial charge in [-0.2, -0.15) is 0 Å². The second-order valence-electron chi connectivity index (χ2n) is 5.25. The second-order valence-corrected chi connectivity index (χ2v) is 5.25. The van der Waals surface area contributed by atoms with Crippen molar-refractivity contribution in [2.75, 3.05) is 0 Å². The molecule has 0 unspecified atom stereocenters. The molecule has 1 saturated carbocycles. The first-order valence-corrected chi connectivity index (χ1v) is 6.57. The van der Waals surface area contributed by atoms with Crippen molar-refractivity contribution in [3.8, 4) is 0 Å². The molecule has 0 radical (unpaired) electrons. The number of nitrogens with one attached hydrogen (secondary N) is 1. The lowest BCUT2D eigenvalue weighted by molar-refractivity contribution is -0.145. The highest BCUT2D eigenvalue weighted by molar-refractivity contribution is 5.96. The van der Waals surface area contributed by atoms with Crippen LogP contribution in [0, 0.1) is 13.8 Å². The van der Waals surface area contributed by atoms with Crippen LogP contribution in [0.25, 0.3) is 0 Å². The van der Waals surface area contributed by atoms with E-state index in [-0.39, 0.29) is 5.76 Å². The molecule has 1 aromatic rings. The molecule has 0 atom stereocenters. The summed E-state index contributed by atoms with van der Waals surface area (Å²) in [6, 6.07) is 1.64. The van der Waals surface area contributed by atoms with Crippen LogP contribution < -0.4 is 5.32 Å². The number of aliphatic carboxylic acids is 1. The molecule has 0 spiro atoms. The average molecular weight is 265 g/mol. The molecule has 19 heavy (non-hydrogen) atoms. The van der Waals surface area contributed by atoms with Crippen molar-refractivity contribution < 1.29 is 19.1 Å². The van der Waals surface area contributed by atoms with Gasteiger partial charge in [-0.25, -0.2) is 4.79 Å². The SMILES string of the molecule is Cc1cc(C(=O)NC2(C(=O)O)CCCCC2)oc1C. The number of hydrogen-bond donors (Lipinski definition) is 2. The van der Waals surface area contributed by atoms with Gasteiger partial charge in [0.1, 0.15) is 11.3 Å². The number of aryl methyl sites for hydroxylation is 2. The number of amides is 1. The van der Waals surface area contributed by atoms with Crippen LogP contribution in [0.2, 0.25) is 0 Å².